The lowest BCUT2D eigenvalue weighted by molar-refractivity contribution is 0.252. The van der Waals surface area contributed by atoms with Crippen LogP contribution in [0.1, 0.15) is 11.1 Å². The third-order valence-corrected chi connectivity index (χ3v) is 2.57. The highest BCUT2D eigenvalue weighted by Crippen LogP contribution is 2.03. The van der Waals surface area contributed by atoms with E-state index in [0.29, 0.717) is 12.5 Å². The summed E-state index contributed by atoms with van der Waals surface area (Å²) in [6.45, 7) is 2.62. The number of nitrogens with one attached hydrogen (secondary N) is 2. The van der Waals surface area contributed by atoms with Crippen molar-refractivity contribution < 1.29 is 4.79 Å². The molecule has 19 heavy (non-hydrogen) atoms. The fourth-order valence-corrected chi connectivity index (χ4v) is 1.70. The van der Waals surface area contributed by atoms with Crippen LogP contribution in [0.15, 0.2) is 42.7 Å². The topological polar surface area (TPSA) is 66.9 Å². The van der Waals surface area contributed by atoms with Gasteiger partial charge in [0.15, 0.2) is 0 Å². The molecule has 0 saturated heterocycles. The van der Waals surface area contributed by atoms with Gasteiger partial charge in [0.1, 0.15) is 0 Å². The lowest BCUT2D eigenvalue weighted by Gasteiger charge is -2.06. The van der Waals surface area contributed by atoms with Crippen molar-refractivity contribution in [2.24, 2.45) is 0 Å². The molecule has 5 heteroatoms. The molecule has 0 aliphatic rings. The van der Waals surface area contributed by atoms with Crippen LogP contribution in [-0.4, -0.2) is 22.5 Å². The van der Waals surface area contributed by atoms with Gasteiger partial charge in [0, 0.05) is 18.9 Å². The number of aryl methyl sites for hydroxylation is 1. The summed E-state index contributed by atoms with van der Waals surface area (Å²) >= 11 is 0. The summed E-state index contributed by atoms with van der Waals surface area (Å²) in [6, 6.07) is 9.63. The van der Waals surface area contributed by atoms with E-state index in [4.69, 9.17) is 0 Å². The first kappa shape index (κ1) is 13.0. The van der Waals surface area contributed by atoms with Gasteiger partial charge in [-0.15, -0.1) is 0 Å². The minimum atomic E-state index is -0.293. The average molecular weight is 256 g/mol. The van der Waals surface area contributed by atoms with Gasteiger partial charge in [-0.1, -0.05) is 29.8 Å². The van der Waals surface area contributed by atoms with Crippen molar-refractivity contribution in [3.63, 3.8) is 0 Å². The summed E-state index contributed by atoms with van der Waals surface area (Å²) < 4.78 is 0. The number of anilines is 1. The van der Waals surface area contributed by atoms with E-state index in [1.165, 1.54) is 11.1 Å². The summed E-state index contributed by atoms with van der Waals surface area (Å²) in [5.41, 5.74) is 2.43. The van der Waals surface area contributed by atoms with Crippen LogP contribution in [0.5, 0.6) is 0 Å². The zero-order valence-electron chi connectivity index (χ0n) is 10.8. The Bertz CT molecular complexity index is 542. The summed E-state index contributed by atoms with van der Waals surface area (Å²) in [4.78, 5) is 19.4. The van der Waals surface area contributed by atoms with Crippen LogP contribution in [0.2, 0.25) is 0 Å². The lowest BCUT2D eigenvalue weighted by atomic mass is 10.1. The van der Waals surface area contributed by atoms with Crippen LogP contribution < -0.4 is 10.6 Å². The van der Waals surface area contributed by atoms with Crippen molar-refractivity contribution in [2.75, 3.05) is 11.9 Å². The zero-order chi connectivity index (χ0) is 13.5. The molecule has 1 aromatic heterocycles. The fraction of sp³-hybridized carbons (Fsp3) is 0.214. The Morgan fingerprint density at radius 2 is 2.00 bits per heavy atom. The van der Waals surface area contributed by atoms with Crippen molar-refractivity contribution in [1.29, 1.82) is 0 Å². The molecule has 0 bridgehead atoms. The van der Waals surface area contributed by atoms with E-state index in [1.807, 2.05) is 12.1 Å². The Hall–Kier alpha value is -2.43. The van der Waals surface area contributed by atoms with E-state index in [0.717, 1.165) is 6.42 Å². The maximum Gasteiger partial charge on any atom is 0.321 e. The highest BCUT2D eigenvalue weighted by Gasteiger charge is 2.02. The second kappa shape index (κ2) is 6.49. The largest absolute Gasteiger partial charge is 0.337 e. The maximum absolute atomic E-state index is 11.6. The molecule has 0 spiro atoms. The zero-order valence-corrected chi connectivity index (χ0v) is 10.8. The normalized spacial score (nSPS) is 9.95. The van der Waals surface area contributed by atoms with E-state index in [9.17, 15) is 4.79 Å². The monoisotopic (exact) mass is 256 g/mol. The predicted octanol–water partition coefficient (Wildman–Crippen LogP) is 2.15. The standard InChI is InChI=1S/C14H16N4O/c1-11-4-2-5-12(10-11)6-9-17-14(19)18-13-15-7-3-8-16-13/h2-5,7-8,10H,6,9H2,1H3,(H2,15,16,17,18,19). The average Bonchev–Trinajstić information content (AvgIpc) is 2.40. The maximum atomic E-state index is 11.6. The summed E-state index contributed by atoms with van der Waals surface area (Å²) in [5, 5.41) is 5.34. The number of benzene rings is 1. The molecule has 0 aliphatic carbocycles. The summed E-state index contributed by atoms with van der Waals surface area (Å²) in [7, 11) is 0. The Morgan fingerprint density at radius 1 is 1.21 bits per heavy atom. The molecule has 1 heterocycles. The molecular weight excluding hydrogens is 240 g/mol. The molecular formula is C14H16N4O. The number of urea groups is 1. The number of hydrogen-bond acceptors (Lipinski definition) is 3. The van der Waals surface area contributed by atoms with Gasteiger partial charge in [-0.05, 0) is 25.0 Å². The molecule has 0 saturated carbocycles. The Balaban J connectivity index is 1.75. The molecule has 1 aromatic carbocycles. The third-order valence-electron chi connectivity index (χ3n) is 2.57. The van der Waals surface area contributed by atoms with Gasteiger partial charge in [-0.25, -0.2) is 14.8 Å². The van der Waals surface area contributed by atoms with E-state index in [1.54, 1.807) is 18.5 Å². The molecule has 0 atom stereocenters. The third kappa shape index (κ3) is 4.39. The van der Waals surface area contributed by atoms with Crippen LogP contribution in [0.4, 0.5) is 10.7 Å². The first-order chi connectivity index (χ1) is 9.24. The van der Waals surface area contributed by atoms with Crippen molar-refractivity contribution in [3.05, 3.63) is 53.9 Å². The van der Waals surface area contributed by atoms with Gasteiger partial charge in [0.05, 0.1) is 0 Å². The Labute approximate surface area is 112 Å². The van der Waals surface area contributed by atoms with E-state index >= 15 is 0 Å². The highest BCUT2D eigenvalue weighted by atomic mass is 16.2. The molecule has 0 fully saturated rings. The van der Waals surface area contributed by atoms with E-state index in [-0.39, 0.29) is 6.03 Å². The van der Waals surface area contributed by atoms with Gasteiger partial charge in [0.25, 0.3) is 0 Å². The molecule has 0 aliphatic heterocycles. The molecule has 5 nitrogen and oxygen atoms in total. The number of rotatable bonds is 4. The van der Waals surface area contributed by atoms with Crippen molar-refractivity contribution in [1.82, 2.24) is 15.3 Å². The van der Waals surface area contributed by atoms with Gasteiger partial charge in [0.2, 0.25) is 5.95 Å². The number of amides is 2. The minimum Gasteiger partial charge on any atom is -0.337 e. The Kier molecular flexibility index (Phi) is 4.44. The van der Waals surface area contributed by atoms with Gasteiger partial charge >= 0.3 is 6.03 Å². The Morgan fingerprint density at radius 3 is 2.74 bits per heavy atom. The first-order valence-electron chi connectivity index (χ1n) is 6.11. The molecule has 0 radical (unpaired) electrons. The van der Waals surface area contributed by atoms with Gasteiger partial charge in [-0.2, -0.15) is 0 Å². The number of carbonyl (C=O) groups is 1. The van der Waals surface area contributed by atoms with E-state index < -0.39 is 0 Å². The number of carbonyl (C=O) groups excluding carboxylic acids is 1. The number of nitrogens with zero attached hydrogens (tertiary/aromatic N) is 2. The molecule has 2 rings (SSSR count). The molecule has 0 unspecified atom stereocenters. The van der Waals surface area contributed by atoms with Crippen molar-refractivity contribution >= 4 is 12.0 Å². The first-order valence-corrected chi connectivity index (χ1v) is 6.11. The van der Waals surface area contributed by atoms with Crippen LogP contribution in [0.3, 0.4) is 0 Å². The molecule has 2 N–H and O–H groups in total. The number of aromatic nitrogens is 2. The van der Waals surface area contributed by atoms with Crippen molar-refractivity contribution in [2.45, 2.75) is 13.3 Å². The highest BCUT2D eigenvalue weighted by molar-refractivity contribution is 5.87. The van der Waals surface area contributed by atoms with Crippen LogP contribution >= 0.6 is 0 Å². The molecule has 2 aromatic rings. The summed E-state index contributed by atoms with van der Waals surface area (Å²) in [5.74, 6) is 0.301. The quantitative estimate of drug-likeness (QED) is 0.880. The molecule has 98 valence electrons. The van der Waals surface area contributed by atoms with Gasteiger partial charge < -0.3 is 5.32 Å². The van der Waals surface area contributed by atoms with Crippen LogP contribution in [0.25, 0.3) is 0 Å². The van der Waals surface area contributed by atoms with E-state index in [2.05, 4.69) is 39.7 Å². The fourth-order valence-electron chi connectivity index (χ4n) is 1.70. The second-order valence-electron chi connectivity index (χ2n) is 4.19. The SMILES string of the molecule is Cc1cccc(CCNC(=O)Nc2ncccn2)c1. The second-order valence-corrected chi connectivity index (χ2v) is 4.19. The van der Waals surface area contributed by atoms with Crippen LogP contribution in [0, 0.1) is 6.92 Å². The van der Waals surface area contributed by atoms with Crippen molar-refractivity contribution in [3.8, 4) is 0 Å². The smallest absolute Gasteiger partial charge is 0.321 e. The van der Waals surface area contributed by atoms with Crippen LogP contribution in [-0.2, 0) is 6.42 Å². The molecule has 2 amide bonds. The summed E-state index contributed by atoms with van der Waals surface area (Å²) in [6.07, 6.45) is 3.95. The number of hydrogen-bond donors (Lipinski definition) is 2. The minimum absolute atomic E-state index is 0.293. The predicted molar refractivity (Wildman–Crippen MR) is 73.9 cm³/mol. The van der Waals surface area contributed by atoms with Gasteiger partial charge in [-0.3, -0.25) is 5.32 Å². The lowest BCUT2D eigenvalue weighted by Crippen LogP contribution is -2.31.